The van der Waals surface area contributed by atoms with E-state index < -0.39 is 11.2 Å². The van der Waals surface area contributed by atoms with Gasteiger partial charge in [-0.05, 0) is 45.4 Å². The van der Waals surface area contributed by atoms with Gasteiger partial charge in [0.1, 0.15) is 11.6 Å². The van der Waals surface area contributed by atoms with Gasteiger partial charge in [-0.15, -0.1) is 23.7 Å². The van der Waals surface area contributed by atoms with E-state index in [2.05, 4.69) is 20.6 Å². The molecule has 0 aromatic carbocycles. The molecule has 0 radical (unpaired) electrons. The van der Waals surface area contributed by atoms with Gasteiger partial charge in [0.2, 0.25) is 0 Å². The topological polar surface area (TPSA) is 76.1 Å². The molecule has 2 aromatic rings. The highest BCUT2D eigenvalue weighted by atomic mass is 35.5. The van der Waals surface area contributed by atoms with Gasteiger partial charge in [0, 0.05) is 23.5 Å². The van der Waals surface area contributed by atoms with Gasteiger partial charge in [-0.1, -0.05) is 0 Å². The van der Waals surface area contributed by atoms with Crippen molar-refractivity contribution < 1.29 is 13.9 Å². The van der Waals surface area contributed by atoms with Gasteiger partial charge in [0.25, 0.3) is 0 Å². The van der Waals surface area contributed by atoms with E-state index in [1.807, 2.05) is 13.8 Å². The van der Waals surface area contributed by atoms with Crippen LogP contribution in [-0.2, 0) is 16.0 Å². The minimum atomic E-state index is -0.760. The van der Waals surface area contributed by atoms with Crippen molar-refractivity contribution in [2.75, 3.05) is 19.0 Å². The number of hydrogen-bond donors (Lipinski definition) is 2. The summed E-state index contributed by atoms with van der Waals surface area (Å²) in [5.74, 6) is -0.209. The number of piperidine rings is 1. The zero-order chi connectivity index (χ0) is 18.7. The first-order valence-electron chi connectivity index (χ1n) is 8.58. The lowest BCUT2D eigenvalue weighted by Crippen LogP contribution is -2.48. The minimum absolute atomic E-state index is 0. The maximum atomic E-state index is 14.4. The van der Waals surface area contributed by atoms with Crippen LogP contribution in [0.15, 0.2) is 18.3 Å². The standard InChI is InChI=1S/C18H23FN4O2S.ClH/c1-11-8-18(6-7-20-11,16(24)25-3)9-14-13(19)4-5-15(22-14)23-17-21-10-12(2)26-17;/h4-5,10-11,20H,6-9H2,1-3H3,(H,21,22,23);1H. The van der Waals surface area contributed by atoms with Crippen LogP contribution in [0.25, 0.3) is 0 Å². The summed E-state index contributed by atoms with van der Waals surface area (Å²) in [7, 11) is 1.38. The molecule has 9 heteroatoms. The summed E-state index contributed by atoms with van der Waals surface area (Å²) in [6.07, 6.45) is 3.16. The van der Waals surface area contributed by atoms with Gasteiger partial charge < -0.3 is 15.4 Å². The molecule has 2 aromatic heterocycles. The average molecular weight is 415 g/mol. The molecule has 0 amide bonds. The Bertz CT molecular complexity index is 803. The van der Waals surface area contributed by atoms with E-state index >= 15 is 0 Å². The third-order valence-electron chi connectivity index (χ3n) is 4.69. The average Bonchev–Trinajstić information content (AvgIpc) is 3.02. The van der Waals surface area contributed by atoms with Gasteiger partial charge in [-0.25, -0.2) is 14.4 Å². The predicted octanol–water partition coefficient (Wildman–Crippen LogP) is 3.62. The summed E-state index contributed by atoms with van der Waals surface area (Å²) in [5, 5.41) is 7.12. The summed E-state index contributed by atoms with van der Waals surface area (Å²) >= 11 is 1.50. The Balaban J connectivity index is 0.00000261. The Kier molecular flexibility index (Phi) is 7.13. The highest BCUT2D eigenvalue weighted by molar-refractivity contribution is 7.15. The second kappa shape index (κ2) is 8.95. The molecular weight excluding hydrogens is 391 g/mol. The zero-order valence-electron chi connectivity index (χ0n) is 15.5. The molecular formula is C18H24ClFN4O2S. The minimum Gasteiger partial charge on any atom is -0.469 e. The predicted molar refractivity (Wildman–Crippen MR) is 106 cm³/mol. The first-order chi connectivity index (χ1) is 12.4. The van der Waals surface area contributed by atoms with Gasteiger partial charge >= 0.3 is 5.97 Å². The number of carbonyl (C=O) groups excluding carboxylic acids is 1. The van der Waals surface area contributed by atoms with Gasteiger partial charge in [-0.3, -0.25) is 4.79 Å². The number of aryl methyl sites for hydroxylation is 1. The third kappa shape index (κ3) is 4.94. The SMILES string of the molecule is COC(=O)C1(Cc2nc(Nc3ncc(C)s3)ccc2F)CCNC(C)C1.Cl. The number of methoxy groups -OCH3 is 1. The van der Waals surface area contributed by atoms with Crippen molar-refractivity contribution >= 4 is 40.7 Å². The molecule has 1 aliphatic rings. The molecule has 2 N–H and O–H groups in total. The molecule has 3 heterocycles. The van der Waals surface area contributed by atoms with E-state index in [1.165, 1.54) is 24.5 Å². The van der Waals surface area contributed by atoms with E-state index in [-0.39, 0.29) is 36.5 Å². The van der Waals surface area contributed by atoms with Gasteiger partial charge in [-0.2, -0.15) is 0 Å². The number of esters is 1. The summed E-state index contributed by atoms with van der Waals surface area (Å²) in [6.45, 7) is 4.67. The van der Waals surface area contributed by atoms with Crippen LogP contribution in [-0.4, -0.2) is 35.6 Å². The molecule has 0 aliphatic carbocycles. The molecule has 0 saturated carbocycles. The number of hydrogen-bond acceptors (Lipinski definition) is 7. The highest BCUT2D eigenvalue weighted by Gasteiger charge is 2.43. The van der Waals surface area contributed by atoms with Crippen LogP contribution in [0, 0.1) is 18.2 Å². The Morgan fingerprint density at radius 2 is 2.30 bits per heavy atom. The summed E-state index contributed by atoms with van der Waals surface area (Å²) < 4.78 is 19.5. The quantitative estimate of drug-likeness (QED) is 0.727. The van der Waals surface area contributed by atoms with E-state index in [4.69, 9.17) is 4.74 Å². The number of pyridine rings is 1. The molecule has 27 heavy (non-hydrogen) atoms. The number of anilines is 2. The fourth-order valence-electron chi connectivity index (χ4n) is 3.47. The summed E-state index contributed by atoms with van der Waals surface area (Å²) in [4.78, 5) is 22.2. The van der Waals surface area contributed by atoms with Crippen LogP contribution in [0.3, 0.4) is 0 Å². The molecule has 1 saturated heterocycles. The largest absolute Gasteiger partial charge is 0.469 e. The normalized spacial score (nSPS) is 22.0. The van der Waals surface area contributed by atoms with E-state index in [0.717, 1.165) is 4.88 Å². The van der Waals surface area contributed by atoms with Gasteiger partial charge in [0.05, 0.1) is 18.2 Å². The molecule has 2 atom stereocenters. The van der Waals surface area contributed by atoms with E-state index in [0.29, 0.717) is 30.3 Å². The number of nitrogens with one attached hydrogen (secondary N) is 2. The lowest BCUT2D eigenvalue weighted by atomic mass is 9.73. The number of ether oxygens (including phenoxy) is 1. The number of thiazole rings is 1. The second-order valence-corrected chi connectivity index (χ2v) is 8.02. The van der Waals surface area contributed by atoms with Crippen LogP contribution in [0.5, 0.6) is 0 Å². The van der Waals surface area contributed by atoms with Gasteiger partial charge in [0.15, 0.2) is 5.13 Å². The summed E-state index contributed by atoms with van der Waals surface area (Å²) in [5.41, 5.74) is -0.494. The molecule has 0 bridgehead atoms. The zero-order valence-corrected chi connectivity index (χ0v) is 17.2. The first-order valence-corrected chi connectivity index (χ1v) is 9.40. The van der Waals surface area contributed by atoms with Crippen molar-refractivity contribution in [1.82, 2.24) is 15.3 Å². The molecule has 1 fully saturated rings. The lowest BCUT2D eigenvalue weighted by Gasteiger charge is -2.38. The smallest absolute Gasteiger partial charge is 0.312 e. The molecule has 3 rings (SSSR count). The Hall–Kier alpha value is -1.77. The summed E-state index contributed by atoms with van der Waals surface area (Å²) in [6, 6.07) is 3.11. The fraction of sp³-hybridized carbons (Fsp3) is 0.500. The molecule has 0 spiro atoms. The monoisotopic (exact) mass is 414 g/mol. The first kappa shape index (κ1) is 21.5. The van der Waals surface area contributed by atoms with E-state index in [1.54, 1.807) is 12.3 Å². The van der Waals surface area contributed by atoms with Crippen LogP contribution < -0.4 is 10.6 Å². The van der Waals surface area contributed by atoms with Crippen molar-refractivity contribution in [2.24, 2.45) is 5.41 Å². The van der Waals surface area contributed by atoms with Crippen LogP contribution in [0.1, 0.15) is 30.3 Å². The number of rotatable bonds is 5. The van der Waals surface area contributed by atoms with Crippen LogP contribution >= 0.6 is 23.7 Å². The van der Waals surface area contributed by atoms with Crippen molar-refractivity contribution in [3.05, 3.63) is 34.7 Å². The second-order valence-electron chi connectivity index (χ2n) is 6.78. The van der Waals surface area contributed by atoms with Crippen molar-refractivity contribution in [3.63, 3.8) is 0 Å². The lowest BCUT2D eigenvalue weighted by molar-refractivity contribution is -0.155. The number of halogens is 2. The maximum Gasteiger partial charge on any atom is 0.312 e. The molecule has 2 unspecified atom stereocenters. The molecule has 148 valence electrons. The fourth-order valence-corrected chi connectivity index (χ4v) is 4.14. The van der Waals surface area contributed by atoms with Crippen LogP contribution in [0.2, 0.25) is 0 Å². The third-order valence-corrected chi connectivity index (χ3v) is 5.52. The van der Waals surface area contributed by atoms with Crippen molar-refractivity contribution in [1.29, 1.82) is 0 Å². The Labute approximate surface area is 168 Å². The van der Waals surface area contributed by atoms with E-state index in [9.17, 15) is 9.18 Å². The number of aromatic nitrogens is 2. The number of nitrogens with zero attached hydrogens (tertiary/aromatic N) is 2. The molecule has 1 aliphatic heterocycles. The number of carbonyl (C=O) groups is 1. The maximum absolute atomic E-state index is 14.4. The highest BCUT2D eigenvalue weighted by Crippen LogP contribution is 2.37. The Morgan fingerprint density at radius 1 is 1.52 bits per heavy atom. The van der Waals surface area contributed by atoms with Crippen molar-refractivity contribution in [3.8, 4) is 0 Å². The Morgan fingerprint density at radius 3 is 2.93 bits per heavy atom. The molecule has 6 nitrogen and oxygen atoms in total. The van der Waals surface area contributed by atoms with Crippen LogP contribution in [0.4, 0.5) is 15.3 Å². The van der Waals surface area contributed by atoms with Crippen molar-refractivity contribution in [2.45, 2.75) is 39.2 Å².